The molecule has 0 aliphatic heterocycles. The summed E-state index contributed by atoms with van der Waals surface area (Å²) in [6, 6.07) is 8.03. The van der Waals surface area contributed by atoms with E-state index in [1.807, 2.05) is 24.3 Å². The molecule has 0 heterocycles. The van der Waals surface area contributed by atoms with Crippen LogP contribution in [0.3, 0.4) is 0 Å². The van der Waals surface area contributed by atoms with Crippen LogP contribution in [-0.2, 0) is 0 Å². The van der Waals surface area contributed by atoms with E-state index in [9.17, 15) is 5.11 Å². The van der Waals surface area contributed by atoms with Crippen molar-refractivity contribution in [2.75, 3.05) is 6.61 Å². The van der Waals surface area contributed by atoms with Crippen LogP contribution >= 0.6 is 0 Å². The second-order valence-corrected chi connectivity index (χ2v) is 7.20. The van der Waals surface area contributed by atoms with E-state index in [1.165, 1.54) is 38.5 Å². The van der Waals surface area contributed by atoms with Crippen molar-refractivity contribution in [1.82, 2.24) is 0 Å². The molecular weight excluding hydrogens is 284 g/mol. The van der Waals surface area contributed by atoms with Crippen LogP contribution in [0.2, 0.25) is 0 Å². The highest BCUT2D eigenvalue weighted by Gasteiger charge is 2.23. The van der Waals surface area contributed by atoms with E-state index >= 15 is 0 Å². The smallest absolute Gasteiger partial charge is 0.119 e. The lowest BCUT2D eigenvalue weighted by molar-refractivity contribution is 0.122. The van der Waals surface area contributed by atoms with E-state index in [4.69, 9.17) is 4.74 Å². The number of benzene rings is 1. The topological polar surface area (TPSA) is 29.5 Å². The Morgan fingerprint density at radius 2 is 1.65 bits per heavy atom. The Kier molecular flexibility index (Phi) is 7.94. The summed E-state index contributed by atoms with van der Waals surface area (Å²) in [6.07, 6.45) is 10.8. The minimum atomic E-state index is -0.326. The summed E-state index contributed by atoms with van der Waals surface area (Å²) in [5, 5.41) is 10.5. The Labute approximate surface area is 142 Å². The third kappa shape index (κ3) is 6.18. The average molecular weight is 319 g/mol. The van der Waals surface area contributed by atoms with Gasteiger partial charge in [-0.05, 0) is 42.4 Å². The van der Waals surface area contributed by atoms with Gasteiger partial charge >= 0.3 is 0 Å². The van der Waals surface area contributed by atoms with Crippen molar-refractivity contribution in [2.45, 2.75) is 77.7 Å². The third-order valence-corrected chi connectivity index (χ3v) is 5.25. The highest BCUT2D eigenvalue weighted by molar-refractivity contribution is 5.28. The first-order valence-electron chi connectivity index (χ1n) is 9.63. The number of aliphatic hydroxyl groups excluding tert-OH is 1. The predicted molar refractivity (Wildman–Crippen MR) is 96.8 cm³/mol. The third-order valence-electron chi connectivity index (χ3n) is 5.25. The van der Waals surface area contributed by atoms with Crippen LogP contribution in [-0.4, -0.2) is 11.7 Å². The maximum atomic E-state index is 10.5. The van der Waals surface area contributed by atoms with Gasteiger partial charge in [-0.2, -0.15) is 0 Å². The van der Waals surface area contributed by atoms with Gasteiger partial charge in [-0.25, -0.2) is 0 Å². The van der Waals surface area contributed by atoms with Crippen LogP contribution in [0, 0.1) is 11.8 Å². The fourth-order valence-electron chi connectivity index (χ4n) is 3.74. The Morgan fingerprint density at radius 1 is 1.00 bits per heavy atom. The molecule has 1 atom stereocenters. The van der Waals surface area contributed by atoms with E-state index in [0.29, 0.717) is 5.92 Å². The van der Waals surface area contributed by atoms with Gasteiger partial charge in [-0.15, -0.1) is 0 Å². The van der Waals surface area contributed by atoms with Crippen molar-refractivity contribution in [3.05, 3.63) is 29.8 Å². The van der Waals surface area contributed by atoms with Crippen molar-refractivity contribution >= 4 is 0 Å². The number of hydrogen-bond donors (Lipinski definition) is 1. The van der Waals surface area contributed by atoms with Crippen molar-refractivity contribution in [3.8, 4) is 5.75 Å². The zero-order valence-corrected chi connectivity index (χ0v) is 15.0. The van der Waals surface area contributed by atoms with Gasteiger partial charge in [-0.1, -0.05) is 70.9 Å². The van der Waals surface area contributed by atoms with Crippen LogP contribution in [0.1, 0.15) is 83.3 Å². The SMILES string of the molecule is CCCCOc1ccc(C(O)CC2CCC(CCC)CC2)cc1. The Hall–Kier alpha value is -1.02. The summed E-state index contributed by atoms with van der Waals surface area (Å²) >= 11 is 0. The van der Waals surface area contributed by atoms with Crippen LogP contribution < -0.4 is 4.74 Å². The van der Waals surface area contributed by atoms with Crippen molar-refractivity contribution in [1.29, 1.82) is 0 Å². The molecule has 2 rings (SSSR count). The van der Waals surface area contributed by atoms with Gasteiger partial charge in [0.05, 0.1) is 12.7 Å². The molecule has 1 saturated carbocycles. The molecule has 23 heavy (non-hydrogen) atoms. The van der Waals surface area contributed by atoms with Gasteiger partial charge in [0.2, 0.25) is 0 Å². The van der Waals surface area contributed by atoms with Crippen LogP contribution in [0.15, 0.2) is 24.3 Å². The molecule has 0 aromatic heterocycles. The molecule has 1 aliphatic carbocycles. The maximum Gasteiger partial charge on any atom is 0.119 e. The highest BCUT2D eigenvalue weighted by Crippen LogP contribution is 2.36. The summed E-state index contributed by atoms with van der Waals surface area (Å²) in [7, 11) is 0. The van der Waals surface area contributed by atoms with E-state index in [2.05, 4.69) is 13.8 Å². The molecule has 2 heteroatoms. The first-order chi connectivity index (χ1) is 11.2. The fourth-order valence-corrected chi connectivity index (χ4v) is 3.74. The van der Waals surface area contributed by atoms with Gasteiger partial charge in [0, 0.05) is 0 Å². The van der Waals surface area contributed by atoms with Crippen LogP contribution in [0.5, 0.6) is 5.75 Å². The average Bonchev–Trinajstić information content (AvgIpc) is 2.58. The molecule has 0 spiro atoms. The monoisotopic (exact) mass is 318 g/mol. The first kappa shape index (κ1) is 18.3. The summed E-state index contributed by atoms with van der Waals surface area (Å²) in [5.41, 5.74) is 1.03. The molecule has 1 aromatic carbocycles. The molecule has 0 bridgehead atoms. The van der Waals surface area contributed by atoms with Gasteiger partial charge in [0.25, 0.3) is 0 Å². The van der Waals surface area contributed by atoms with E-state index in [-0.39, 0.29) is 6.10 Å². The lowest BCUT2D eigenvalue weighted by Gasteiger charge is -2.29. The minimum absolute atomic E-state index is 0.326. The molecule has 2 nitrogen and oxygen atoms in total. The maximum absolute atomic E-state index is 10.5. The Bertz CT molecular complexity index is 418. The zero-order valence-electron chi connectivity index (χ0n) is 15.0. The Morgan fingerprint density at radius 3 is 2.26 bits per heavy atom. The van der Waals surface area contributed by atoms with Gasteiger partial charge < -0.3 is 9.84 Å². The van der Waals surface area contributed by atoms with Gasteiger partial charge in [0.1, 0.15) is 5.75 Å². The van der Waals surface area contributed by atoms with Crippen molar-refractivity contribution < 1.29 is 9.84 Å². The fraction of sp³-hybridized carbons (Fsp3) is 0.714. The molecule has 1 aliphatic rings. The van der Waals surface area contributed by atoms with Crippen LogP contribution in [0.25, 0.3) is 0 Å². The van der Waals surface area contributed by atoms with Crippen molar-refractivity contribution in [3.63, 3.8) is 0 Å². The summed E-state index contributed by atoms with van der Waals surface area (Å²) in [4.78, 5) is 0. The molecule has 0 amide bonds. The number of ether oxygens (including phenoxy) is 1. The molecular formula is C21H34O2. The number of unbranched alkanes of at least 4 members (excludes halogenated alkanes) is 1. The van der Waals surface area contributed by atoms with Crippen LogP contribution in [0.4, 0.5) is 0 Å². The van der Waals surface area contributed by atoms with Gasteiger partial charge in [-0.3, -0.25) is 0 Å². The van der Waals surface area contributed by atoms with E-state index in [0.717, 1.165) is 43.1 Å². The van der Waals surface area contributed by atoms with E-state index in [1.54, 1.807) is 0 Å². The largest absolute Gasteiger partial charge is 0.494 e. The predicted octanol–water partition coefficient (Wildman–Crippen LogP) is 5.90. The highest BCUT2D eigenvalue weighted by atomic mass is 16.5. The summed E-state index contributed by atoms with van der Waals surface area (Å²) in [5.74, 6) is 2.54. The second-order valence-electron chi connectivity index (χ2n) is 7.20. The molecule has 1 aromatic rings. The van der Waals surface area contributed by atoms with E-state index < -0.39 is 0 Å². The molecule has 0 saturated heterocycles. The standard InChI is InChI=1S/C21H34O2/c1-3-5-15-23-20-13-11-19(12-14-20)21(22)16-18-9-7-17(6-4-2)8-10-18/h11-14,17-18,21-22H,3-10,15-16H2,1-2H3. The molecule has 0 radical (unpaired) electrons. The zero-order chi connectivity index (χ0) is 16.5. The number of hydrogen-bond acceptors (Lipinski definition) is 2. The second kappa shape index (κ2) is 9.97. The van der Waals surface area contributed by atoms with Crippen molar-refractivity contribution in [2.24, 2.45) is 11.8 Å². The number of aliphatic hydroxyl groups is 1. The molecule has 1 fully saturated rings. The lowest BCUT2D eigenvalue weighted by atomic mass is 9.77. The normalized spacial score (nSPS) is 22.7. The summed E-state index contributed by atoms with van der Waals surface area (Å²) < 4.78 is 5.68. The first-order valence-corrected chi connectivity index (χ1v) is 9.63. The molecule has 130 valence electrons. The quantitative estimate of drug-likeness (QED) is 0.575. The lowest BCUT2D eigenvalue weighted by Crippen LogP contribution is -2.16. The minimum Gasteiger partial charge on any atom is -0.494 e. The Balaban J connectivity index is 1.76. The van der Waals surface area contributed by atoms with Gasteiger partial charge in [0.15, 0.2) is 0 Å². The summed E-state index contributed by atoms with van der Waals surface area (Å²) in [6.45, 7) is 5.23. The molecule has 1 unspecified atom stereocenters. The molecule has 1 N–H and O–H groups in total. The number of rotatable bonds is 9.